The Morgan fingerprint density at radius 2 is 2.20 bits per heavy atom. The summed E-state index contributed by atoms with van der Waals surface area (Å²) < 4.78 is 16.2. The molecular formula is C15H21NO4. The number of hydrogen-bond acceptors (Lipinski definition) is 5. The van der Waals surface area contributed by atoms with Crippen molar-refractivity contribution in [1.82, 2.24) is 5.32 Å². The van der Waals surface area contributed by atoms with Gasteiger partial charge in [-0.05, 0) is 25.1 Å². The Morgan fingerprint density at radius 3 is 3.00 bits per heavy atom. The fraction of sp³-hybridized carbons (Fsp3) is 0.467. The molecule has 0 unspecified atom stereocenters. The first-order valence-corrected chi connectivity index (χ1v) is 6.80. The van der Waals surface area contributed by atoms with Crippen LogP contribution in [0.2, 0.25) is 0 Å². The van der Waals surface area contributed by atoms with Crippen LogP contribution in [0.15, 0.2) is 28.7 Å². The van der Waals surface area contributed by atoms with E-state index in [1.165, 1.54) is 0 Å². The van der Waals surface area contributed by atoms with E-state index in [1.54, 1.807) is 7.11 Å². The van der Waals surface area contributed by atoms with Gasteiger partial charge in [-0.2, -0.15) is 0 Å². The Labute approximate surface area is 118 Å². The van der Waals surface area contributed by atoms with Gasteiger partial charge in [0.05, 0.1) is 26.9 Å². The highest BCUT2D eigenvalue weighted by Gasteiger charge is 2.07. The number of aliphatic hydroxyl groups is 1. The van der Waals surface area contributed by atoms with Crippen molar-refractivity contribution >= 4 is 11.0 Å². The highest BCUT2D eigenvalue weighted by Crippen LogP contribution is 2.28. The van der Waals surface area contributed by atoms with Crippen LogP contribution in [0.4, 0.5) is 0 Å². The monoisotopic (exact) mass is 279 g/mol. The fourth-order valence-corrected chi connectivity index (χ4v) is 2.01. The highest BCUT2D eigenvalue weighted by atomic mass is 16.5. The summed E-state index contributed by atoms with van der Waals surface area (Å²) in [5.74, 6) is 1.65. The first-order valence-electron chi connectivity index (χ1n) is 6.80. The van der Waals surface area contributed by atoms with E-state index in [0.29, 0.717) is 19.8 Å². The quantitative estimate of drug-likeness (QED) is 0.687. The van der Waals surface area contributed by atoms with Crippen molar-refractivity contribution in [3.63, 3.8) is 0 Å². The lowest BCUT2D eigenvalue weighted by Gasteiger charge is -2.03. The fourth-order valence-electron chi connectivity index (χ4n) is 2.01. The molecule has 2 aromatic rings. The van der Waals surface area contributed by atoms with E-state index >= 15 is 0 Å². The molecule has 1 heterocycles. The standard InChI is InChI=1S/C15H21NO4/c1-18-14-5-2-4-12-10-13(20-15(12)14)11-16-6-3-8-19-9-7-17/h2,4-5,10,16-17H,3,6-9,11H2,1H3. The first-order chi connectivity index (χ1) is 9.85. The number of methoxy groups -OCH3 is 1. The molecule has 0 aliphatic heterocycles. The number of nitrogens with one attached hydrogen (secondary N) is 1. The van der Waals surface area contributed by atoms with E-state index in [0.717, 1.165) is 35.4 Å². The van der Waals surface area contributed by atoms with Gasteiger partial charge in [-0.25, -0.2) is 0 Å². The molecule has 2 N–H and O–H groups in total. The zero-order valence-corrected chi connectivity index (χ0v) is 11.7. The zero-order valence-electron chi connectivity index (χ0n) is 11.7. The molecule has 5 heteroatoms. The van der Waals surface area contributed by atoms with Crippen LogP contribution >= 0.6 is 0 Å². The maximum absolute atomic E-state index is 8.57. The zero-order chi connectivity index (χ0) is 14.2. The summed E-state index contributed by atoms with van der Waals surface area (Å²) in [4.78, 5) is 0. The summed E-state index contributed by atoms with van der Waals surface area (Å²) in [6.45, 7) is 2.66. The lowest BCUT2D eigenvalue weighted by Crippen LogP contribution is -2.16. The van der Waals surface area contributed by atoms with Gasteiger partial charge in [0.25, 0.3) is 0 Å². The Kier molecular flexibility index (Phi) is 5.86. The largest absolute Gasteiger partial charge is 0.493 e. The van der Waals surface area contributed by atoms with E-state index in [4.69, 9.17) is 19.0 Å². The van der Waals surface area contributed by atoms with E-state index in [1.807, 2.05) is 24.3 Å². The van der Waals surface area contributed by atoms with Crippen LogP contribution in [0.5, 0.6) is 5.75 Å². The van der Waals surface area contributed by atoms with E-state index in [9.17, 15) is 0 Å². The van der Waals surface area contributed by atoms with Crippen LogP contribution in [-0.2, 0) is 11.3 Å². The number of furan rings is 1. The minimum absolute atomic E-state index is 0.0776. The molecule has 1 aromatic carbocycles. The van der Waals surface area contributed by atoms with Crippen molar-refractivity contribution in [3.8, 4) is 5.75 Å². The number of rotatable bonds is 9. The van der Waals surface area contributed by atoms with Gasteiger partial charge in [-0.1, -0.05) is 12.1 Å². The van der Waals surface area contributed by atoms with Crippen LogP contribution in [0.1, 0.15) is 12.2 Å². The Hall–Kier alpha value is -1.56. The number of benzene rings is 1. The van der Waals surface area contributed by atoms with Crippen molar-refractivity contribution in [2.45, 2.75) is 13.0 Å². The Balaban J connectivity index is 1.79. The second-order valence-corrected chi connectivity index (χ2v) is 4.46. The lowest BCUT2D eigenvalue weighted by atomic mass is 10.2. The van der Waals surface area contributed by atoms with Crippen molar-refractivity contribution in [2.24, 2.45) is 0 Å². The summed E-state index contributed by atoms with van der Waals surface area (Å²) in [6.07, 6.45) is 0.906. The molecule has 20 heavy (non-hydrogen) atoms. The van der Waals surface area contributed by atoms with E-state index in [-0.39, 0.29) is 6.61 Å². The number of ether oxygens (including phenoxy) is 2. The van der Waals surface area contributed by atoms with Crippen molar-refractivity contribution in [1.29, 1.82) is 0 Å². The first kappa shape index (κ1) is 14.8. The number of aliphatic hydroxyl groups excluding tert-OH is 1. The van der Waals surface area contributed by atoms with Crippen molar-refractivity contribution in [3.05, 3.63) is 30.0 Å². The molecular weight excluding hydrogens is 258 g/mol. The average Bonchev–Trinajstić information content (AvgIpc) is 2.89. The third kappa shape index (κ3) is 3.96. The van der Waals surface area contributed by atoms with Crippen LogP contribution in [-0.4, -0.2) is 38.6 Å². The lowest BCUT2D eigenvalue weighted by molar-refractivity contribution is 0.0906. The molecule has 5 nitrogen and oxygen atoms in total. The number of para-hydroxylation sites is 1. The molecule has 110 valence electrons. The van der Waals surface area contributed by atoms with E-state index in [2.05, 4.69) is 5.32 Å². The van der Waals surface area contributed by atoms with Gasteiger partial charge in [-0.15, -0.1) is 0 Å². The molecule has 0 saturated carbocycles. The molecule has 0 saturated heterocycles. The Morgan fingerprint density at radius 1 is 1.30 bits per heavy atom. The molecule has 0 bridgehead atoms. The van der Waals surface area contributed by atoms with E-state index < -0.39 is 0 Å². The van der Waals surface area contributed by atoms with Crippen LogP contribution in [0.25, 0.3) is 11.0 Å². The smallest absolute Gasteiger partial charge is 0.176 e. The van der Waals surface area contributed by atoms with Gasteiger partial charge >= 0.3 is 0 Å². The predicted molar refractivity (Wildman–Crippen MR) is 77.0 cm³/mol. The third-order valence-corrected chi connectivity index (χ3v) is 2.96. The van der Waals surface area contributed by atoms with Gasteiger partial charge in [0.1, 0.15) is 5.76 Å². The maximum atomic E-state index is 8.57. The molecule has 0 amide bonds. The van der Waals surface area contributed by atoms with Crippen molar-refractivity contribution < 1.29 is 19.0 Å². The molecule has 2 rings (SSSR count). The highest BCUT2D eigenvalue weighted by molar-refractivity contribution is 5.83. The second kappa shape index (κ2) is 7.89. The van der Waals surface area contributed by atoms with Crippen LogP contribution < -0.4 is 10.1 Å². The summed E-state index contributed by atoms with van der Waals surface area (Å²) >= 11 is 0. The number of hydrogen-bond donors (Lipinski definition) is 2. The summed E-state index contributed by atoms with van der Waals surface area (Å²) in [7, 11) is 1.64. The van der Waals surface area contributed by atoms with Crippen LogP contribution in [0.3, 0.4) is 0 Å². The minimum Gasteiger partial charge on any atom is -0.493 e. The third-order valence-electron chi connectivity index (χ3n) is 2.96. The minimum atomic E-state index is 0.0776. The maximum Gasteiger partial charge on any atom is 0.176 e. The molecule has 0 spiro atoms. The molecule has 0 fully saturated rings. The van der Waals surface area contributed by atoms with Gasteiger partial charge in [0.15, 0.2) is 11.3 Å². The van der Waals surface area contributed by atoms with Crippen LogP contribution in [0, 0.1) is 0 Å². The van der Waals surface area contributed by atoms with Gasteiger partial charge < -0.3 is 24.3 Å². The SMILES string of the molecule is COc1cccc2cc(CNCCCOCCO)oc12. The normalized spacial score (nSPS) is 11.1. The molecule has 0 aliphatic carbocycles. The summed E-state index contributed by atoms with van der Waals surface area (Å²) in [5.41, 5.74) is 0.790. The molecule has 0 aliphatic rings. The van der Waals surface area contributed by atoms with Gasteiger partial charge in [0, 0.05) is 12.0 Å². The summed E-state index contributed by atoms with van der Waals surface area (Å²) in [6, 6.07) is 7.87. The molecule has 1 aromatic heterocycles. The average molecular weight is 279 g/mol. The topological polar surface area (TPSA) is 63.9 Å². The Bertz CT molecular complexity index is 524. The molecule has 0 atom stereocenters. The van der Waals surface area contributed by atoms with Crippen molar-refractivity contribution in [2.75, 3.05) is 33.5 Å². The summed E-state index contributed by atoms with van der Waals surface area (Å²) in [5, 5.41) is 12.9. The van der Waals surface area contributed by atoms with Gasteiger partial charge in [0.2, 0.25) is 0 Å². The second-order valence-electron chi connectivity index (χ2n) is 4.46. The number of fused-ring (bicyclic) bond motifs is 1. The predicted octanol–water partition coefficient (Wildman–Crippen LogP) is 1.93. The van der Waals surface area contributed by atoms with Gasteiger partial charge in [-0.3, -0.25) is 0 Å². The molecule has 0 radical (unpaired) electrons.